The normalized spacial score (nSPS) is 10.1. The van der Waals surface area contributed by atoms with E-state index in [0.29, 0.717) is 0 Å². The van der Waals surface area contributed by atoms with Crippen LogP contribution in [0.2, 0.25) is 0 Å². The summed E-state index contributed by atoms with van der Waals surface area (Å²) in [6.45, 7) is 6.19. The highest BCUT2D eigenvalue weighted by Crippen LogP contribution is 2.24. The van der Waals surface area contributed by atoms with Gasteiger partial charge in [0.05, 0.1) is 13.0 Å². The van der Waals surface area contributed by atoms with Crippen molar-refractivity contribution in [2.75, 3.05) is 6.61 Å². The first-order chi connectivity index (χ1) is 7.00. The number of rotatable bonds is 4. The van der Waals surface area contributed by atoms with E-state index in [1.165, 1.54) is 5.56 Å². The van der Waals surface area contributed by atoms with Gasteiger partial charge in [0.1, 0.15) is 5.75 Å². The number of ether oxygens (including phenoxy) is 1. The molecule has 3 nitrogen and oxygen atoms in total. The molecule has 1 aromatic rings. The van der Waals surface area contributed by atoms with Gasteiger partial charge in [0, 0.05) is 0 Å². The molecule has 0 amide bonds. The topological polar surface area (TPSA) is 46.5 Å². The standard InChI is InChI=1S/C12H16O3/c1-8-6-9(2)12(10(3)7-8)15-5-4-11(13)14/h6-7H,4-5H2,1-3H3,(H,13,14). The highest BCUT2D eigenvalue weighted by molar-refractivity contribution is 5.66. The van der Waals surface area contributed by atoms with Crippen molar-refractivity contribution in [3.8, 4) is 5.75 Å². The number of aryl methyl sites for hydroxylation is 3. The third-order valence-electron chi connectivity index (χ3n) is 2.17. The van der Waals surface area contributed by atoms with Gasteiger partial charge < -0.3 is 9.84 Å². The van der Waals surface area contributed by atoms with Gasteiger partial charge >= 0.3 is 5.97 Å². The van der Waals surface area contributed by atoms with Crippen LogP contribution in [-0.2, 0) is 4.79 Å². The van der Waals surface area contributed by atoms with Gasteiger partial charge in [0.15, 0.2) is 0 Å². The monoisotopic (exact) mass is 208 g/mol. The molecule has 0 fully saturated rings. The lowest BCUT2D eigenvalue weighted by atomic mass is 10.1. The first-order valence-electron chi connectivity index (χ1n) is 4.93. The van der Waals surface area contributed by atoms with Crippen molar-refractivity contribution < 1.29 is 14.6 Å². The van der Waals surface area contributed by atoms with E-state index in [4.69, 9.17) is 9.84 Å². The van der Waals surface area contributed by atoms with Crippen molar-refractivity contribution in [3.05, 3.63) is 28.8 Å². The van der Waals surface area contributed by atoms with Crippen LogP contribution < -0.4 is 4.74 Å². The Morgan fingerprint density at radius 3 is 2.27 bits per heavy atom. The van der Waals surface area contributed by atoms with Gasteiger partial charge in [0.2, 0.25) is 0 Å². The molecule has 0 atom stereocenters. The number of aliphatic carboxylic acids is 1. The van der Waals surface area contributed by atoms with Crippen LogP contribution in [0.4, 0.5) is 0 Å². The van der Waals surface area contributed by atoms with Gasteiger partial charge in [-0.2, -0.15) is 0 Å². The van der Waals surface area contributed by atoms with E-state index >= 15 is 0 Å². The fraction of sp³-hybridized carbons (Fsp3) is 0.417. The highest BCUT2D eigenvalue weighted by atomic mass is 16.5. The van der Waals surface area contributed by atoms with E-state index in [9.17, 15) is 4.79 Å². The molecule has 82 valence electrons. The summed E-state index contributed by atoms with van der Waals surface area (Å²) in [5.74, 6) is -0.0285. The third kappa shape index (κ3) is 3.27. The molecule has 0 aromatic heterocycles. The Bertz CT molecular complexity index is 346. The minimum atomic E-state index is -0.836. The Balaban J connectivity index is 2.72. The van der Waals surface area contributed by atoms with Gasteiger partial charge in [-0.25, -0.2) is 0 Å². The van der Waals surface area contributed by atoms with Crippen molar-refractivity contribution in [3.63, 3.8) is 0 Å². The molecule has 3 heteroatoms. The van der Waals surface area contributed by atoms with Crippen LogP contribution >= 0.6 is 0 Å². The van der Waals surface area contributed by atoms with E-state index in [1.807, 2.05) is 32.9 Å². The fourth-order valence-electron chi connectivity index (χ4n) is 1.63. The Hall–Kier alpha value is -1.51. The summed E-state index contributed by atoms with van der Waals surface area (Å²) in [6.07, 6.45) is 0.0345. The smallest absolute Gasteiger partial charge is 0.306 e. The summed E-state index contributed by atoms with van der Waals surface area (Å²) in [6, 6.07) is 4.06. The van der Waals surface area contributed by atoms with Gasteiger partial charge in [-0.3, -0.25) is 4.79 Å². The zero-order valence-electron chi connectivity index (χ0n) is 9.33. The largest absolute Gasteiger partial charge is 0.492 e. The van der Waals surface area contributed by atoms with Crippen molar-refractivity contribution >= 4 is 5.97 Å². The number of hydrogen-bond acceptors (Lipinski definition) is 2. The lowest BCUT2D eigenvalue weighted by Gasteiger charge is -2.12. The fourth-order valence-corrected chi connectivity index (χ4v) is 1.63. The quantitative estimate of drug-likeness (QED) is 0.826. The summed E-state index contributed by atoms with van der Waals surface area (Å²) >= 11 is 0. The molecule has 0 radical (unpaired) electrons. The zero-order chi connectivity index (χ0) is 11.4. The maximum absolute atomic E-state index is 10.3. The minimum Gasteiger partial charge on any atom is -0.492 e. The molecule has 15 heavy (non-hydrogen) atoms. The number of benzene rings is 1. The van der Waals surface area contributed by atoms with Crippen molar-refractivity contribution in [2.45, 2.75) is 27.2 Å². The lowest BCUT2D eigenvalue weighted by Crippen LogP contribution is -2.06. The van der Waals surface area contributed by atoms with Crippen LogP contribution in [0, 0.1) is 20.8 Å². The maximum atomic E-state index is 10.3. The molecule has 0 spiro atoms. The first-order valence-corrected chi connectivity index (χ1v) is 4.93. The SMILES string of the molecule is Cc1cc(C)c(OCCC(=O)O)c(C)c1. The average Bonchev–Trinajstić information content (AvgIpc) is 2.08. The van der Waals surface area contributed by atoms with Gasteiger partial charge in [-0.15, -0.1) is 0 Å². The number of hydrogen-bond donors (Lipinski definition) is 1. The van der Waals surface area contributed by atoms with E-state index in [-0.39, 0.29) is 13.0 Å². The molecule has 1 aromatic carbocycles. The molecular weight excluding hydrogens is 192 g/mol. The van der Waals surface area contributed by atoms with E-state index in [2.05, 4.69) is 0 Å². The van der Waals surface area contributed by atoms with Crippen molar-refractivity contribution in [1.82, 2.24) is 0 Å². The van der Waals surface area contributed by atoms with E-state index in [0.717, 1.165) is 16.9 Å². The van der Waals surface area contributed by atoms with Crippen LogP contribution in [0.3, 0.4) is 0 Å². The first kappa shape index (κ1) is 11.6. The van der Waals surface area contributed by atoms with Gasteiger partial charge in [-0.1, -0.05) is 17.7 Å². The molecule has 0 heterocycles. The third-order valence-corrected chi connectivity index (χ3v) is 2.17. The molecule has 0 unspecified atom stereocenters. The molecule has 0 saturated heterocycles. The van der Waals surface area contributed by atoms with Crippen molar-refractivity contribution in [1.29, 1.82) is 0 Å². The summed E-state index contributed by atoms with van der Waals surface area (Å²) < 4.78 is 5.45. The molecule has 0 saturated carbocycles. The second-order valence-corrected chi connectivity index (χ2v) is 3.72. The summed E-state index contributed by atoms with van der Waals surface area (Å²) in [5.41, 5.74) is 3.30. The Morgan fingerprint density at radius 1 is 1.27 bits per heavy atom. The Kier molecular flexibility index (Phi) is 3.72. The minimum absolute atomic E-state index is 0.0345. The van der Waals surface area contributed by atoms with Crippen LogP contribution in [0.1, 0.15) is 23.1 Å². The summed E-state index contributed by atoms with van der Waals surface area (Å²) in [7, 11) is 0. The number of carboxylic acid groups (broad SMARTS) is 1. The lowest BCUT2D eigenvalue weighted by molar-refractivity contribution is -0.137. The van der Waals surface area contributed by atoms with Crippen LogP contribution in [0.25, 0.3) is 0 Å². The van der Waals surface area contributed by atoms with E-state index in [1.54, 1.807) is 0 Å². The summed E-state index contributed by atoms with van der Waals surface area (Å²) in [5, 5.41) is 8.49. The molecule has 1 rings (SSSR count). The number of carbonyl (C=O) groups is 1. The van der Waals surface area contributed by atoms with Crippen molar-refractivity contribution in [2.24, 2.45) is 0 Å². The average molecular weight is 208 g/mol. The molecule has 0 bridgehead atoms. The van der Waals surface area contributed by atoms with E-state index < -0.39 is 5.97 Å². The maximum Gasteiger partial charge on any atom is 0.306 e. The highest BCUT2D eigenvalue weighted by Gasteiger charge is 2.05. The molecule has 0 aliphatic rings. The summed E-state index contributed by atoms with van der Waals surface area (Å²) in [4.78, 5) is 10.3. The zero-order valence-corrected chi connectivity index (χ0v) is 9.33. The van der Waals surface area contributed by atoms with Gasteiger partial charge in [0.25, 0.3) is 0 Å². The molecule has 0 aliphatic heterocycles. The Labute approximate surface area is 89.7 Å². The number of carboxylic acids is 1. The second kappa shape index (κ2) is 4.82. The molecular formula is C12H16O3. The van der Waals surface area contributed by atoms with Crippen LogP contribution in [-0.4, -0.2) is 17.7 Å². The Morgan fingerprint density at radius 2 is 1.80 bits per heavy atom. The molecule has 1 N–H and O–H groups in total. The predicted octanol–water partition coefficient (Wildman–Crippen LogP) is 2.47. The second-order valence-electron chi connectivity index (χ2n) is 3.72. The molecule has 0 aliphatic carbocycles. The van der Waals surface area contributed by atoms with Crippen LogP contribution in [0.5, 0.6) is 5.75 Å². The predicted molar refractivity (Wildman–Crippen MR) is 58.4 cm³/mol. The van der Waals surface area contributed by atoms with Crippen LogP contribution in [0.15, 0.2) is 12.1 Å². The van der Waals surface area contributed by atoms with Gasteiger partial charge in [-0.05, 0) is 31.9 Å².